The number of carbonyl (C=O) groups is 2. The molecule has 80 valence electrons. The molecule has 4 heteroatoms. The number of hydrogen-bond acceptors (Lipinski definition) is 4. The molecular weight excluding hydrogens is 184 g/mol. The number of carbonyl (C=O) groups excluding carboxylic acids is 2. The van der Waals surface area contributed by atoms with Gasteiger partial charge >= 0.3 is 11.9 Å². The molecule has 1 fully saturated rings. The molecule has 0 aromatic rings. The second-order valence-corrected chi connectivity index (χ2v) is 3.91. The van der Waals surface area contributed by atoms with Crippen LogP contribution in [0.4, 0.5) is 0 Å². The molecule has 1 heterocycles. The molecule has 0 amide bonds. The van der Waals surface area contributed by atoms with Gasteiger partial charge in [-0.1, -0.05) is 20.8 Å². The van der Waals surface area contributed by atoms with Gasteiger partial charge in [-0.2, -0.15) is 0 Å². The number of rotatable bonds is 3. The van der Waals surface area contributed by atoms with Gasteiger partial charge in [0.05, 0.1) is 12.5 Å². The van der Waals surface area contributed by atoms with Gasteiger partial charge in [0, 0.05) is 6.42 Å². The van der Waals surface area contributed by atoms with Crippen molar-refractivity contribution in [2.45, 2.75) is 33.3 Å². The molecule has 1 saturated heterocycles. The smallest absolute Gasteiger partial charge is 0.347 e. The van der Waals surface area contributed by atoms with Crippen LogP contribution in [0, 0.1) is 11.8 Å². The zero-order valence-corrected chi connectivity index (χ0v) is 8.78. The molecule has 0 aliphatic carbocycles. The summed E-state index contributed by atoms with van der Waals surface area (Å²) in [6, 6.07) is 0. The lowest BCUT2D eigenvalue weighted by atomic mass is 9.98. The van der Waals surface area contributed by atoms with Crippen LogP contribution in [-0.4, -0.2) is 24.6 Å². The van der Waals surface area contributed by atoms with Crippen molar-refractivity contribution in [3.8, 4) is 0 Å². The van der Waals surface area contributed by atoms with Gasteiger partial charge in [0.15, 0.2) is 0 Å². The fourth-order valence-electron chi connectivity index (χ4n) is 1.10. The van der Waals surface area contributed by atoms with Gasteiger partial charge in [0.1, 0.15) is 0 Å². The summed E-state index contributed by atoms with van der Waals surface area (Å²) in [5, 5.41) is 0. The minimum absolute atomic E-state index is 0.177. The van der Waals surface area contributed by atoms with E-state index in [0.717, 1.165) is 0 Å². The van der Waals surface area contributed by atoms with E-state index in [0.29, 0.717) is 13.0 Å². The maximum atomic E-state index is 11.5. The standard InChI is InChI=1S/C10H16O4/c1-6(2)7(3)9(11)14-8-4-5-13-10(8)12/h6-8H,4-5H2,1-3H3. The highest BCUT2D eigenvalue weighted by Crippen LogP contribution is 2.16. The van der Waals surface area contributed by atoms with E-state index < -0.39 is 12.1 Å². The first kappa shape index (κ1) is 11.0. The van der Waals surface area contributed by atoms with Crippen LogP contribution < -0.4 is 0 Å². The Morgan fingerprint density at radius 2 is 2.14 bits per heavy atom. The minimum atomic E-state index is -0.677. The van der Waals surface area contributed by atoms with Crippen LogP contribution in [0.1, 0.15) is 27.2 Å². The summed E-state index contributed by atoms with van der Waals surface area (Å²) in [5.74, 6) is -0.693. The lowest BCUT2D eigenvalue weighted by Gasteiger charge is -2.16. The van der Waals surface area contributed by atoms with Crippen molar-refractivity contribution in [3.63, 3.8) is 0 Å². The summed E-state index contributed by atoms with van der Waals surface area (Å²) in [4.78, 5) is 22.5. The fraction of sp³-hybridized carbons (Fsp3) is 0.800. The molecule has 0 saturated carbocycles. The Kier molecular flexibility index (Phi) is 3.49. The van der Waals surface area contributed by atoms with Gasteiger partial charge in [0.2, 0.25) is 6.10 Å². The summed E-state index contributed by atoms with van der Waals surface area (Å²) in [5.41, 5.74) is 0. The third kappa shape index (κ3) is 2.47. The lowest BCUT2D eigenvalue weighted by molar-refractivity contribution is -0.163. The molecule has 0 radical (unpaired) electrons. The third-order valence-corrected chi connectivity index (χ3v) is 2.52. The summed E-state index contributed by atoms with van der Waals surface area (Å²) in [6.45, 7) is 6.04. The summed E-state index contributed by atoms with van der Waals surface area (Å²) >= 11 is 0. The second-order valence-electron chi connectivity index (χ2n) is 3.91. The normalized spacial score (nSPS) is 23.4. The van der Waals surface area contributed by atoms with Gasteiger partial charge < -0.3 is 9.47 Å². The van der Waals surface area contributed by atoms with Gasteiger partial charge in [-0.25, -0.2) is 4.79 Å². The SMILES string of the molecule is CC(C)C(C)C(=O)OC1CCOC1=O. The maximum absolute atomic E-state index is 11.5. The molecule has 0 aromatic carbocycles. The van der Waals surface area contributed by atoms with Crippen molar-refractivity contribution < 1.29 is 19.1 Å². The molecule has 1 rings (SSSR count). The van der Waals surface area contributed by atoms with E-state index in [1.807, 2.05) is 13.8 Å². The van der Waals surface area contributed by atoms with Crippen LogP contribution in [-0.2, 0) is 19.1 Å². The third-order valence-electron chi connectivity index (χ3n) is 2.52. The largest absolute Gasteiger partial charge is 0.463 e. The maximum Gasteiger partial charge on any atom is 0.347 e. The Morgan fingerprint density at radius 3 is 2.57 bits per heavy atom. The predicted octanol–water partition coefficient (Wildman–Crippen LogP) is 1.14. The molecule has 4 nitrogen and oxygen atoms in total. The monoisotopic (exact) mass is 200 g/mol. The molecule has 0 bridgehead atoms. The van der Waals surface area contributed by atoms with Crippen molar-refractivity contribution >= 4 is 11.9 Å². The molecular formula is C10H16O4. The zero-order valence-electron chi connectivity index (χ0n) is 8.78. The van der Waals surface area contributed by atoms with Gasteiger partial charge in [0.25, 0.3) is 0 Å². The lowest BCUT2D eigenvalue weighted by Crippen LogP contribution is -2.28. The van der Waals surface area contributed by atoms with E-state index in [2.05, 4.69) is 0 Å². The Bertz CT molecular complexity index is 234. The Hall–Kier alpha value is -1.06. The Morgan fingerprint density at radius 1 is 1.50 bits per heavy atom. The molecule has 0 spiro atoms. The highest BCUT2D eigenvalue weighted by molar-refractivity contribution is 5.81. The average Bonchev–Trinajstić information content (AvgIpc) is 2.50. The first-order valence-corrected chi connectivity index (χ1v) is 4.89. The highest BCUT2D eigenvalue weighted by Gasteiger charge is 2.32. The molecule has 1 aliphatic rings. The average molecular weight is 200 g/mol. The fourth-order valence-corrected chi connectivity index (χ4v) is 1.10. The van der Waals surface area contributed by atoms with Gasteiger partial charge in [-0.3, -0.25) is 4.79 Å². The first-order chi connectivity index (χ1) is 6.52. The molecule has 0 aromatic heterocycles. The second kappa shape index (κ2) is 4.44. The number of ether oxygens (including phenoxy) is 2. The topological polar surface area (TPSA) is 52.6 Å². The zero-order chi connectivity index (χ0) is 10.7. The van der Waals surface area contributed by atoms with E-state index in [9.17, 15) is 9.59 Å². The van der Waals surface area contributed by atoms with Crippen molar-refractivity contribution in [1.82, 2.24) is 0 Å². The van der Waals surface area contributed by atoms with E-state index in [-0.39, 0.29) is 17.8 Å². The molecule has 1 aliphatic heterocycles. The first-order valence-electron chi connectivity index (χ1n) is 4.89. The minimum Gasteiger partial charge on any atom is -0.463 e. The predicted molar refractivity (Wildman–Crippen MR) is 49.5 cm³/mol. The van der Waals surface area contributed by atoms with Crippen LogP contribution in [0.2, 0.25) is 0 Å². The summed E-state index contributed by atoms with van der Waals surface area (Å²) < 4.78 is 9.72. The molecule has 2 unspecified atom stereocenters. The van der Waals surface area contributed by atoms with E-state index in [1.54, 1.807) is 6.92 Å². The van der Waals surface area contributed by atoms with E-state index in [1.165, 1.54) is 0 Å². The summed E-state index contributed by atoms with van der Waals surface area (Å²) in [7, 11) is 0. The van der Waals surface area contributed by atoms with Crippen molar-refractivity contribution in [3.05, 3.63) is 0 Å². The van der Waals surface area contributed by atoms with Crippen LogP contribution in [0.25, 0.3) is 0 Å². The van der Waals surface area contributed by atoms with Crippen LogP contribution in [0.3, 0.4) is 0 Å². The number of hydrogen-bond donors (Lipinski definition) is 0. The van der Waals surface area contributed by atoms with E-state index >= 15 is 0 Å². The quantitative estimate of drug-likeness (QED) is 0.641. The van der Waals surface area contributed by atoms with Crippen LogP contribution in [0.5, 0.6) is 0 Å². The van der Waals surface area contributed by atoms with Crippen molar-refractivity contribution in [2.75, 3.05) is 6.61 Å². The molecule has 2 atom stereocenters. The van der Waals surface area contributed by atoms with Crippen molar-refractivity contribution in [1.29, 1.82) is 0 Å². The van der Waals surface area contributed by atoms with Gasteiger partial charge in [-0.05, 0) is 5.92 Å². The summed E-state index contributed by atoms with van der Waals surface area (Å²) in [6.07, 6.45) is -0.196. The number of esters is 2. The van der Waals surface area contributed by atoms with Crippen molar-refractivity contribution in [2.24, 2.45) is 11.8 Å². The Labute approximate surface area is 83.6 Å². The molecule has 14 heavy (non-hydrogen) atoms. The van der Waals surface area contributed by atoms with Crippen LogP contribution in [0.15, 0.2) is 0 Å². The van der Waals surface area contributed by atoms with Gasteiger partial charge in [-0.15, -0.1) is 0 Å². The van der Waals surface area contributed by atoms with Crippen LogP contribution >= 0.6 is 0 Å². The number of cyclic esters (lactones) is 1. The Balaban J connectivity index is 2.44. The van der Waals surface area contributed by atoms with E-state index in [4.69, 9.17) is 9.47 Å². The molecule has 0 N–H and O–H groups in total. The highest BCUT2D eigenvalue weighted by atomic mass is 16.6.